The van der Waals surface area contributed by atoms with Crippen LogP contribution in [0.15, 0.2) is 36.7 Å². The summed E-state index contributed by atoms with van der Waals surface area (Å²) in [6.07, 6.45) is 3.49. The van der Waals surface area contributed by atoms with Crippen LogP contribution in [0.1, 0.15) is 16.2 Å². The Labute approximate surface area is 99.0 Å². The molecule has 4 nitrogen and oxygen atoms in total. The molecule has 1 aromatic carbocycles. The van der Waals surface area contributed by atoms with E-state index in [1.807, 2.05) is 17.6 Å². The minimum Gasteiger partial charge on any atom is -0.478 e. The van der Waals surface area contributed by atoms with Crippen molar-refractivity contribution in [3.8, 4) is 5.69 Å². The van der Waals surface area contributed by atoms with E-state index in [1.165, 1.54) is 0 Å². The van der Waals surface area contributed by atoms with Crippen molar-refractivity contribution in [3.63, 3.8) is 0 Å². The molecule has 0 atom stereocenters. The lowest BCUT2D eigenvalue weighted by Crippen LogP contribution is -2.00. The van der Waals surface area contributed by atoms with Crippen molar-refractivity contribution in [1.29, 1.82) is 0 Å². The highest BCUT2D eigenvalue weighted by atomic mass is 35.5. The second-order valence-electron chi connectivity index (χ2n) is 3.20. The number of carboxylic acid groups (broad SMARTS) is 1. The first-order valence-electron chi connectivity index (χ1n) is 4.52. The first kappa shape index (κ1) is 12.3. The fourth-order valence-electron chi connectivity index (χ4n) is 1.44. The van der Waals surface area contributed by atoms with Crippen molar-refractivity contribution in [2.24, 2.45) is 0 Å². The maximum Gasteiger partial charge on any atom is 0.335 e. The average Bonchev–Trinajstić information content (AvgIpc) is 2.64. The van der Waals surface area contributed by atoms with E-state index in [0.29, 0.717) is 0 Å². The highest BCUT2D eigenvalue weighted by Crippen LogP contribution is 2.12. The number of aromatic carboxylic acids is 1. The summed E-state index contributed by atoms with van der Waals surface area (Å²) in [5.41, 5.74) is 1.09. The van der Waals surface area contributed by atoms with Crippen LogP contribution in [-0.4, -0.2) is 20.6 Å². The van der Waals surface area contributed by atoms with Gasteiger partial charge >= 0.3 is 5.97 Å². The summed E-state index contributed by atoms with van der Waals surface area (Å²) >= 11 is 0. The van der Waals surface area contributed by atoms with Crippen molar-refractivity contribution in [2.75, 3.05) is 0 Å². The zero-order chi connectivity index (χ0) is 10.8. The Hall–Kier alpha value is -1.81. The lowest BCUT2D eigenvalue weighted by Gasteiger charge is -2.05. The van der Waals surface area contributed by atoms with Crippen LogP contribution in [-0.2, 0) is 0 Å². The Morgan fingerprint density at radius 2 is 2.19 bits per heavy atom. The van der Waals surface area contributed by atoms with Crippen LogP contribution < -0.4 is 0 Å². The molecule has 1 aromatic heterocycles. The molecule has 5 heteroatoms. The van der Waals surface area contributed by atoms with Gasteiger partial charge < -0.3 is 9.67 Å². The molecule has 16 heavy (non-hydrogen) atoms. The fourth-order valence-corrected chi connectivity index (χ4v) is 1.44. The van der Waals surface area contributed by atoms with Crippen LogP contribution in [0.25, 0.3) is 5.69 Å². The molecule has 0 aliphatic rings. The van der Waals surface area contributed by atoms with Gasteiger partial charge in [-0.1, -0.05) is 6.07 Å². The summed E-state index contributed by atoms with van der Waals surface area (Å²) in [6.45, 7) is 1.87. The van der Waals surface area contributed by atoms with Gasteiger partial charge in [0.05, 0.1) is 5.56 Å². The molecule has 0 amide bonds. The van der Waals surface area contributed by atoms with E-state index in [0.717, 1.165) is 11.5 Å². The van der Waals surface area contributed by atoms with Crippen molar-refractivity contribution in [3.05, 3.63) is 48.0 Å². The third kappa shape index (κ3) is 2.23. The largest absolute Gasteiger partial charge is 0.478 e. The molecule has 0 spiro atoms. The summed E-state index contributed by atoms with van der Waals surface area (Å²) in [5.74, 6) is -0.0906. The zero-order valence-corrected chi connectivity index (χ0v) is 9.44. The van der Waals surface area contributed by atoms with Gasteiger partial charge in [-0.15, -0.1) is 12.4 Å². The predicted molar refractivity (Wildman–Crippen MR) is 62.5 cm³/mol. The van der Waals surface area contributed by atoms with E-state index in [-0.39, 0.29) is 18.0 Å². The summed E-state index contributed by atoms with van der Waals surface area (Å²) < 4.78 is 1.84. The molecule has 0 bridgehead atoms. The van der Waals surface area contributed by atoms with Gasteiger partial charge in [0.25, 0.3) is 0 Å². The molecule has 0 radical (unpaired) electrons. The maximum absolute atomic E-state index is 10.8. The molecule has 1 heterocycles. The van der Waals surface area contributed by atoms with E-state index >= 15 is 0 Å². The Kier molecular flexibility index (Phi) is 3.68. The molecule has 2 aromatic rings. The Bertz CT molecular complexity index is 508. The standard InChI is InChI=1S/C11H10N2O2.ClH/c1-8-12-5-6-13(8)10-4-2-3-9(7-10)11(14)15;/h2-7H,1H3,(H,14,15);1H. The number of hydrogen-bond acceptors (Lipinski definition) is 2. The zero-order valence-electron chi connectivity index (χ0n) is 8.62. The summed E-state index contributed by atoms with van der Waals surface area (Å²) in [5, 5.41) is 8.85. The van der Waals surface area contributed by atoms with E-state index in [9.17, 15) is 4.79 Å². The first-order chi connectivity index (χ1) is 7.18. The topological polar surface area (TPSA) is 55.1 Å². The van der Waals surface area contributed by atoms with Gasteiger partial charge in [0.15, 0.2) is 0 Å². The normalized spacial score (nSPS) is 9.56. The smallest absolute Gasteiger partial charge is 0.335 e. The van der Waals surface area contributed by atoms with E-state index < -0.39 is 5.97 Å². The molecule has 84 valence electrons. The highest BCUT2D eigenvalue weighted by molar-refractivity contribution is 5.88. The van der Waals surface area contributed by atoms with Gasteiger partial charge in [0, 0.05) is 18.1 Å². The Morgan fingerprint density at radius 3 is 2.75 bits per heavy atom. The number of carboxylic acids is 1. The second-order valence-corrected chi connectivity index (χ2v) is 3.20. The first-order valence-corrected chi connectivity index (χ1v) is 4.52. The third-order valence-corrected chi connectivity index (χ3v) is 2.20. The number of carbonyl (C=O) groups is 1. The molecule has 0 saturated carbocycles. The quantitative estimate of drug-likeness (QED) is 0.874. The SMILES string of the molecule is Cc1nccn1-c1cccc(C(=O)O)c1.Cl. The summed E-state index contributed by atoms with van der Waals surface area (Å²) in [4.78, 5) is 14.9. The van der Waals surface area contributed by atoms with E-state index in [4.69, 9.17) is 5.11 Å². The Morgan fingerprint density at radius 1 is 1.44 bits per heavy atom. The average molecular weight is 239 g/mol. The second kappa shape index (κ2) is 4.81. The molecular weight excluding hydrogens is 228 g/mol. The molecule has 0 unspecified atom stereocenters. The van der Waals surface area contributed by atoms with Crippen LogP contribution in [0, 0.1) is 6.92 Å². The van der Waals surface area contributed by atoms with Gasteiger partial charge in [-0.2, -0.15) is 0 Å². The number of halogens is 1. The van der Waals surface area contributed by atoms with Gasteiger partial charge in [-0.25, -0.2) is 9.78 Å². The number of aromatic nitrogens is 2. The monoisotopic (exact) mass is 238 g/mol. The van der Waals surface area contributed by atoms with Gasteiger partial charge in [-0.05, 0) is 25.1 Å². The minimum atomic E-state index is -0.922. The maximum atomic E-state index is 10.8. The number of aryl methyl sites for hydroxylation is 1. The van der Waals surface area contributed by atoms with Crippen LogP contribution in [0.5, 0.6) is 0 Å². The number of rotatable bonds is 2. The van der Waals surface area contributed by atoms with E-state index in [2.05, 4.69) is 4.98 Å². The number of nitrogens with zero attached hydrogens (tertiary/aromatic N) is 2. The van der Waals surface area contributed by atoms with Gasteiger partial charge in [0.1, 0.15) is 5.82 Å². The van der Waals surface area contributed by atoms with Crippen molar-refractivity contribution in [2.45, 2.75) is 6.92 Å². The Balaban J connectivity index is 0.00000128. The molecule has 0 aliphatic carbocycles. The van der Waals surface area contributed by atoms with Gasteiger partial charge in [-0.3, -0.25) is 0 Å². The molecular formula is C11H11ClN2O2. The lowest BCUT2D eigenvalue weighted by atomic mass is 10.2. The van der Waals surface area contributed by atoms with Crippen molar-refractivity contribution in [1.82, 2.24) is 9.55 Å². The summed E-state index contributed by atoms with van der Waals surface area (Å²) in [6, 6.07) is 6.76. The molecule has 2 rings (SSSR count). The van der Waals surface area contributed by atoms with Crippen LogP contribution in [0.4, 0.5) is 0 Å². The van der Waals surface area contributed by atoms with Crippen LogP contribution in [0.2, 0.25) is 0 Å². The minimum absolute atomic E-state index is 0. The number of imidazole rings is 1. The van der Waals surface area contributed by atoms with Gasteiger partial charge in [0.2, 0.25) is 0 Å². The fraction of sp³-hybridized carbons (Fsp3) is 0.0909. The molecule has 0 fully saturated rings. The third-order valence-electron chi connectivity index (χ3n) is 2.20. The van der Waals surface area contributed by atoms with Crippen molar-refractivity contribution < 1.29 is 9.90 Å². The van der Waals surface area contributed by atoms with E-state index in [1.54, 1.807) is 30.6 Å². The molecule has 0 saturated heterocycles. The number of hydrogen-bond donors (Lipinski definition) is 1. The highest BCUT2D eigenvalue weighted by Gasteiger charge is 2.05. The van der Waals surface area contributed by atoms with Crippen LogP contribution >= 0.6 is 12.4 Å². The van der Waals surface area contributed by atoms with Crippen molar-refractivity contribution >= 4 is 18.4 Å². The summed E-state index contributed by atoms with van der Waals surface area (Å²) in [7, 11) is 0. The van der Waals surface area contributed by atoms with Crippen LogP contribution in [0.3, 0.4) is 0 Å². The molecule has 1 N–H and O–H groups in total. The predicted octanol–water partition coefficient (Wildman–Crippen LogP) is 2.30. The molecule has 0 aliphatic heterocycles. The lowest BCUT2D eigenvalue weighted by molar-refractivity contribution is 0.0697. The number of benzene rings is 1.